The third-order valence-corrected chi connectivity index (χ3v) is 8.77. The summed E-state index contributed by atoms with van der Waals surface area (Å²) in [6.07, 6.45) is 7.87. The maximum atomic E-state index is 5.17. The van der Waals surface area contributed by atoms with Crippen LogP contribution in [0.25, 0.3) is 44.2 Å². The molecule has 2 heterocycles. The highest BCUT2D eigenvalue weighted by molar-refractivity contribution is 6.14. The van der Waals surface area contributed by atoms with Gasteiger partial charge in [0, 0.05) is 16.3 Å². The highest BCUT2D eigenvalue weighted by Crippen LogP contribution is 2.41. The summed E-state index contributed by atoms with van der Waals surface area (Å²) in [6, 6.07) is 18.5. The second kappa shape index (κ2) is 9.27. The van der Waals surface area contributed by atoms with Crippen LogP contribution >= 0.6 is 0 Å². The van der Waals surface area contributed by atoms with Gasteiger partial charge in [0.15, 0.2) is 0 Å². The number of hydrogen-bond acceptors (Lipinski definition) is 1. The van der Waals surface area contributed by atoms with Crippen molar-refractivity contribution in [3.05, 3.63) is 99.8 Å². The minimum absolute atomic E-state index is 0.463. The monoisotopic (exact) mass is 498 g/mol. The molecule has 5 aromatic rings. The molecule has 2 heteroatoms. The zero-order valence-electron chi connectivity index (χ0n) is 23.9. The van der Waals surface area contributed by atoms with Crippen LogP contribution in [0.5, 0.6) is 0 Å². The standard InChI is InChI=1S/C36H38N2/c1-8-22(3)28-13-10-14-30-29-16-15-27(33-23(4)11-9-12-24(33)5)19-31(29)38-32(20-37-36(38)35(28)30)34-25(6)17-21(2)18-26(34)7/h10-11,13-20,22H,8-9,12H2,1-7H3. The van der Waals surface area contributed by atoms with Gasteiger partial charge in [0.2, 0.25) is 0 Å². The predicted molar refractivity (Wildman–Crippen MR) is 164 cm³/mol. The van der Waals surface area contributed by atoms with Gasteiger partial charge < -0.3 is 0 Å². The molecule has 0 aliphatic heterocycles. The molecule has 6 rings (SSSR count). The molecular weight excluding hydrogens is 460 g/mol. The van der Waals surface area contributed by atoms with Crippen molar-refractivity contribution in [1.82, 2.24) is 9.38 Å². The molecule has 0 saturated carbocycles. The van der Waals surface area contributed by atoms with E-state index in [1.165, 1.54) is 77.5 Å². The minimum atomic E-state index is 0.463. The van der Waals surface area contributed by atoms with Crippen LogP contribution in [-0.4, -0.2) is 9.38 Å². The van der Waals surface area contributed by atoms with E-state index in [0.29, 0.717) is 5.92 Å². The molecule has 0 N–H and O–H groups in total. The fraction of sp³-hybridized carbons (Fsp3) is 0.306. The van der Waals surface area contributed by atoms with Crippen LogP contribution in [0.3, 0.4) is 0 Å². The SMILES string of the molecule is CCC(C)c1cccc2c3ccc(C4=C(C)CCC=C4C)cc3n3c(-c4c(C)cc(C)cc4C)cnc3c12. The molecular formula is C36H38N2. The summed E-state index contributed by atoms with van der Waals surface area (Å²) in [6.45, 7) is 15.8. The lowest BCUT2D eigenvalue weighted by atomic mass is 9.86. The normalized spacial score (nSPS) is 15.1. The molecule has 1 atom stereocenters. The first-order valence-electron chi connectivity index (χ1n) is 14.1. The summed E-state index contributed by atoms with van der Waals surface area (Å²) in [4.78, 5) is 5.17. The van der Waals surface area contributed by atoms with Gasteiger partial charge in [0.05, 0.1) is 17.4 Å². The lowest BCUT2D eigenvalue weighted by Gasteiger charge is -2.21. The first kappa shape index (κ1) is 24.7. The highest BCUT2D eigenvalue weighted by Gasteiger charge is 2.21. The number of fused-ring (bicyclic) bond motifs is 6. The molecule has 2 nitrogen and oxygen atoms in total. The van der Waals surface area contributed by atoms with E-state index < -0.39 is 0 Å². The molecule has 0 bridgehead atoms. The van der Waals surface area contributed by atoms with Gasteiger partial charge in [0.25, 0.3) is 0 Å². The second-order valence-corrected chi connectivity index (χ2v) is 11.5. The van der Waals surface area contributed by atoms with Gasteiger partial charge in [-0.3, -0.25) is 4.40 Å². The maximum absolute atomic E-state index is 5.17. The second-order valence-electron chi connectivity index (χ2n) is 11.5. The van der Waals surface area contributed by atoms with Gasteiger partial charge in [-0.2, -0.15) is 0 Å². The number of imidazole rings is 1. The average molecular weight is 499 g/mol. The van der Waals surface area contributed by atoms with E-state index in [-0.39, 0.29) is 0 Å². The Balaban J connectivity index is 1.80. The summed E-state index contributed by atoms with van der Waals surface area (Å²) in [7, 11) is 0. The fourth-order valence-corrected chi connectivity index (χ4v) is 6.85. The molecule has 2 aromatic heterocycles. The molecule has 1 aliphatic rings. The molecule has 0 fully saturated rings. The Bertz CT molecular complexity index is 1790. The van der Waals surface area contributed by atoms with Crippen molar-refractivity contribution in [1.29, 1.82) is 0 Å². The summed E-state index contributed by atoms with van der Waals surface area (Å²) in [5.74, 6) is 0.463. The zero-order valence-corrected chi connectivity index (χ0v) is 23.9. The number of hydrogen-bond donors (Lipinski definition) is 0. The predicted octanol–water partition coefficient (Wildman–Crippen LogP) is 10.3. The van der Waals surface area contributed by atoms with E-state index in [2.05, 4.69) is 114 Å². The summed E-state index contributed by atoms with van der Waals surface area (Å²) in [5, 5.41) is 3.88. The molecule has 0 radical (unpaired) electrons. The van der Waals surface area contributed by atoms with Crippen molar-refractivity contribution in [3.8, 4) is 11.3 Å². The zero-order chi connectivity index (χ0) is 26.7. The van der Waals surface area contributed by atoms with Crippen molar-refractivity contribution in [2.24, 2.45) is 0 Å². The van der Waals surface area contributed by atoms with Crippen LogP contribution < -0.4 is 0 Å². The number of rotatable bonds is 4. The summed E-state index contributed by atoms with van der Waals surface area (Å²) in [5.41, 5.74) is 15.6. The molecule has 1 unspecified atom stereocenters. The molecule has 38 heavy (non-hydrogen) atoms. The Morgan fingerprint density at radius 1 is 0.921 bits per heavy atom. The highest BCUT2D eigenvalue weighted by atomic mass is 15.0. The Kier molecular flexibility index (Phi) is 6.02. The molecule has 192 valence electrons. The van der Waals surface area contributed by atoms with Crippen LogP contribution in [0, 0.1) is 20.8 Å². The van der Waals surface area contributed by atoms with Gasteiger partial charge in [0.1, 0.15) is 5.65 Å². The third-order valence-electron chi connectivity index (χ3n) is 8.77. The van der Waals surface area contributed by atoms with Crippen LogP contribution in [0.2, 0.25) is 0 Å². The first-order chi connectivity index (χ1) is 18.3. The largest absolute Gasteiger partial charge is 0.292 e. The molecule has 3 aromatic carbocycles. The number of pyridine rings is 1. The van der Waals surface area contributed by atoms with Crippen LogP contribution in [0.4, 0.5) is 0 Å². The van der Waals surface area contributed by atoms with Crippen LogP contribution in [-0.2, 0) is 0 Å². The Morgan fingerprint density at radius 3 is 2.39 bits per heavy atom. The van der Waals surface area contributed by atoms with Crippen molar-refractivity contribution in [2.75, 3.05) is 0 Å². The van der Waals surface area contributed by atoms with Gasteiger partial charge in [-0.15, -0.1) is 0 Å². The van der Waals surface area contributed by atoms with E-state index in [4.69, 9.17) is 4.98 Å². The van der Waals surface area contributed by atoms with E-state index in [9.17, 15) is 0 Å². The Morgan fingerprint density at radius 2 is 1.68 bits per heavy atom. The molecule has 1 aliphatic carbocycles. The van der Waals surface area contributed by atoms with Crippen molar-refractivity contribution in [3.63, 3.8) is 0 Å². The summed E-state index contributed by atoms with van der Waals surface area (Å²) < 4.78 is 2.45. The van der Waals surface area contributed by atoms with E-state index in [1.54, 1.807) is 0 Å². The van der Waals surface area contributed by atoms with E-state index >= 15 is 0 Å². The van der Waals surface area contributed by atoms with Crippen molar-refractivity contribution < 1.29 is 0 Å². The van der Waals surface area contributed by atoms with Crippen LogP contribution in [0.1, 0.15) is 80.7 Å². The lowest BCUT2D eigenvalue weighted by Crippen LogP contribution is -2.02. The van der Waals surface area contributed by atoms with Crippen molar-refractivity contribution >= 4 is 32.9 Å². The molecule has 0 saturated heterocycles. The minimum Gasteiger partial charge on any atom is -0.292 e. The van der Waals surface area contributed by atoms with E-state index in [1.807, 2.05) is 0 Å². The first-order valence-corrected chi connectivity index (χ1v) is 14.1. The number of aryl methyl sites for hydroxylation is 3. The number of benzene rings is 3. The lowest BCUT2D eigenvalue weighted by molar-refractivity contribution is 0.740. The smallest absolute Gasteiger partial charge is 0.145 e. The Hall–Kier alpha value is -3.65. The van der Waals surface area contributed by atoms with Gasteiger partial charge >= 0.3 is 0 Å². The van der Waals surface area contributed by atoms with Crippen molar-refractivity contribution in [2.45, 2.75) is 73.6 Å². The molecule has 0 amide bonds. The molecule has 0 spiro atoms. The average Bonchev–Trinajstić information content (AvgIpc) is 3.32. The quantitative estimate of drug-likeness (QED) is 0.225. The van der Waals surface area contributed by atoms with Crippen LogP contribution in [0.15, 0.2) is 72.0 Å². The number of aromatic nitrogens is 2. The number of nitrogens with zero attached hydrogens (tertiary/aromatic N) is 2. The summed E-state index contributed by atoms with van der Waals surface area (Å²) >= 11 is 0. The third kappa shape index (κ3) is 3.73. The van der Waals surface area contributed by atoms with E-state index in [0.717, 1.165) is 24.9 Å². The van der Waals surface area contributed by atoms with Gasteiger partial charge in [-0.05, 0) is 105 Å². The number of allylic oxidation sites excluding steroid dienone is 4. The van der Waals surface area contributed by atoms with Gasteiger partial charge in [-0.1, -0.05) is 73.5 Å². The fourth-order valence-electron chi connectivity index (χ4n) is 6.85. The maximum Gasteiger partial charge on any atom is 0.145 e. The topological polar surface area (TPSA) is 17.3 Å². The van der Waals surface area contributed by atoms with Gasteiger partial charge in [-0.25, -0.2) is 4.98 Å². The Labute approximate surface area is 226 Å².